The van der Waals surface area contributed by atoms with Gasteiger partial charge >= 0.3 is 0 Å². The van der Waals surface area contributed by atoms with Crippen LogP contribution in [-0.2, 0) is 13.0 Å². The van der Waals surface area contributed by atoms with E-state index in [4.69, 9.17) is 19.4 Å². The number of hydrogen-bond donors (Lipinski definition) is 1. The van der Waals surface area contributed by atoms with Gasteiger partial charge in [0, 0.05) is 47.1 Å². The van der Waals surface area contributed by atoms with Gasteiger partial charge in [-0.1, -0.05) is 73.3 Å². The van der Waals surface area contributed by atoms with E-state index in [9.17, 15) is 5.11 Å². The molecular weight excluding hydrogens is 606 g/mol. The fraction of sp³-hybridized carbons (Fsp3) is 0.256. The summed E-state index contributed by atoms with van der Waals surface area (Å²) in [5.41, 5.74) is 6.44. The second-order valence-electron chi connectivity index (χ2n) is 13.5. The Morgan fingerprint density at radius 1 is 0.939 bits per heavy atom. The molecule has 5 heterocycles. The van der Waals surface area contributed by atoms with Gasteiger partial charge in [0.1, 0.15) is 12.4 Å². The molecule has 246 valence electrons. The minimum Gasteiger partial charge on any atom is -0.496 e. The third-order valence-corrected chi connectivity index (χ3v) is 10.7. The van der Waals surface area contributed by atoms with Crippen molar-refractivity contribution in [1.29, 1.82) is 0 Å². The fourth-order valence-corrected chi connectivity index (χ4v) is 8.16. The van der Waals surface area contributed by atoms with Gasteiger partial charge in [-0.15, -0.1) is 6.58 Å². The molecule has 3 fully saturated rings. The second kappa shape index (κ2) is 13.1. The molecule has 6 nitrogen and oxygen atoms in total. The summed E-state index contributed by atoms with van der Waals surface area (Å²) in [6, 6.07) is 31.0. The Kier molecular flexibility index (Phi) is 8.36. The number of methoxy groups -OCH3 is 1. The van der Waals surface area contributed by atoms with E-state index in [-0.39, 0.29) is 6.04 Å². The number of nitrogens with zero attached hydrogens (tertiary/aromatic N) is 3. The quantitative estimate of drug-likeness (QED) is 0.150. The molecule has 3 saturated heterocycles. The van der Waals surface area contributed by atoms with Gasteiger partial charge in [0.25, 0.3) is 0 Å². The van der Waals surface area contributed by atoms with Gasteiger partial charge in [-0.2, -0.15) is 0 Å². The first-order valence-electron chi connectivity index (χ1n) is 17.2. The SMILES string of the molecule is C=Cc1c(OC)ccc2nc(Cc3cc(OCc4ccc5ccccc5c4)nc4ccccc34)cc([C@@H](O)[C@@H]3CC4CCN3C[C@@H]4C=C)c12. The van der Waals surface area contributed by atoms with Crippen LogP contribution < -0.4 is 9.47 Å². The minimum atomic E-state index is -0.696. The highest BCUT2D eigenvalue weighted by Crippen LogP contribution is 2.43. The molecule has 0 radical (unpaired) electrons. The van der Waals surface area contributed by atoms with Crippen molar-refractivity contribution in [2.24, 2.45) is 11.8 Å². The molecule has 0 saturated carbocycles. The zero-order chi connectivity index (χ0) is 33.5. The van der Waals surface area contributed by atoms with Gasteiger partial charge in [0.15, 0.2) is 0 Å². The number of aliphatic hydroxyl groups is 1. The number of benzene rings is 4. The largest absolute Gasteiger partial charge is 0.496 e. The van der Waals surface area contributed by atoms with Crippen molar-refractivity contribution < 1.29 is 14.6 Å². The molecule has 1 N–H and O–H groups in total. The maximum atomic E-state index is 12.3. The van der Waals surface area contributed by atoms with Gasteiger partial charge in [-0.25, -0.2) is 4.98 Å². The van der Waals surface area contributed by atoms with E-state index in [1.807, 2.05) is 42.5 Å². The second-order valence-corrected chi connectivity index (χ2v) is 13.5. The first-order valence-corrected chi connectivity index (χ1v) is 17.2. The van der Waals surface area contributed by atoms with Crippen LogP contribution in [0.5, 0.6) is 11.6 Å². The maximum absolute atomic E-state index is 12.3. The minimum absolute atomic E-state index is 0.0223. The number of piperidine rings is 3. The summed E-state index contributed by atoms with van der Waals surface area (Å²) in [4.78, 5) is 12.5. The smallest absolute Gasteiger partial charge is 0.214 e. The molecule has 49 heavy (non-hydrogen) atoms. The Labute approximate surface area is 287 Å². The lowest BCUT2D eigenvalue weighted by Crippen LogP contribution is -2.54. The lowest BCUT2D eigenvalue weighted by Gasteiger charge is -2.50. The first kappa shape index (κ1) is 31.2. The van der Waals surface area contributed by atoms with Crippen molar-refractivity contribution in [3.63, 3.8) is 0 Å². The molecule has 0 spiro atoms. The van der Waals surface area contributed by atoms with Crippen LogP contribution >= 0.6 is 0 Å². The molecule has 9 rings (SSSR count). The molecular formula is C43H41N3O3. The number of rotatable bonds is 10. The summed E-state index contributed by atoms with van der Waals surface area (Å²) >= 11 is 0. The fourth-order valence-electron chi connectivity index (χ4n) is 8.16. The van der Waals surface area contributed by atoms with Crippen molar-refractivity contribution in [3.8, 4) is 11.6 Å². The number of ether oxygens (including phenoxy) is 2. The van der Waals surface area contributed by atoms with Gasteiger partial charge in [0.05, 0.1) is 24.2 Å². The zero-order valence-electron chi connectivity index (χ0n) is 27.9. The van der Waals surface area contributed by atoms with Crippen molar-refractivity contribution in [1.82, 2.24) is 14.9 Å². The molecule has 2 aromatic heterocycles. The van der Waals surface area contributed by atoms with E-state index in [2.05, 4.69) is 78.7 Å². The molecule has 0 aliphatic carbocycles. The molecule has 3 aliphatic heterocycles. The Balaban J connectivity index is 1.17. The summed E-state index contributed by atoms with van der Waals surface area (Å²) < 4.78 is 12.1. The van der Waals surface area contributed by atoms with E-state index < -0.39 is 6.10 Å². The van der Waals surface area contributed by atoms with Crippen LogP contribution in [0.4, 0.5) is 0 Å². The Morgan fingerprint density at radius 3 is 2.57 bits per heavy atom. The van der Waals surface area contributed by atoms with Crippen LogP contribution in [0.2, 0.25) is 0 Å². The molecule has 0 amide bonds. The lowest BCUT2D eigenvalue weighted by molar-refractivity contribution is -0.0445. The third-order valence-electron chi connectivity index (χ3n) is 10.7. The maximum Gasteiger partial charge on any atom is 0.214 e. The first-order chi connectivity index (χ1) is 24.0. The number of aromatic nitrogens is 2. The summed E-state index contributed by atoms with van der Waals surface area (Å²) in [6.07, 6.45) is 5.86. The van der Waals surface area contributed by atoms with Crippen LogP contribution in [0, 0.1) is 11.8 Å². The van der Waals surface area contributed by atoms with Gasteiger partial charge in [-0.05, 0) is 89.0 Å². The Bertz CT molecular complexity index is 2210. The predicted octanol–water partition coefficient (Wildman–Crippen LogP) is 8.69. The zero-order valence-corrected chi connectivity index (χ0v) is 27.9. The summed E-state index contributed by atoms with van der Waals surface area (Å²) in [7, 11) is 1.67. The van der Waals surface area contributed by atoms with Crippen LogP contribution in [0.25, 0.3) is 38.7 Å². The predicted molar refractivity (Wildman–Crippen MR) is 198 cm³/mol. The highest BCUT2D eigenvalue weighted by Gasteiger charge is 2.42. The molecule has 2 bridgehead atoms. The molecule has 2 unspecified atom stereocenters. The summed E-state index contributed by atoms with van der Waals surface area (Å²) in [5.74, 6) is 2.31. The standard InChI is InChI=1S/C43H41N3O3/c1-4-28-25-46-19-18-31(28)22-39(46)43(47)36-24-33(44-38-16-17-40(48-3)34(5-2)42(36)38)21-32-23-41(45-37-13-9-8-12-35(32)37)49-26-27-14-15-29-10-6-7-11-30(29)20-27/h4-17,20,23-24,28,31,39,43,47H,1-2,18-19,21-22,25-26H2,3H3/t28-,31?,39-,43+/m0/s1. The molecule has 6 heteroatoms. The number of pyridine rings is 2. The van der Waals surface area contributed by atoms with Gasteiger partial charge < -0.3 is 14.6 Å². The monoisotopic (exact) mass is 647 g/mol. The van der Waals surface area contributed by atoms with E-state index >= 15 is 0 Å². The Hall–Kier alpha value is -5.04. The van der Waals surface area contributed by atoms with E-state index in [0.29, 0.717) is 30.7 Å². The van der Waals surface area contributed by atoms with Crippen LogP contribution in [0.3, 0.4) is 0 Å². The molecule has 3 aliphatic rings. The normalized spacial score (nSPS) is 20.8. The number of fused-ring (bicyclic) bond motifs is 6. The average molecular weight is 648 g/mol. The topological polar surface area (TPSA) is 67.7 Å². The average Bonchev–Trinajstić information content (AvgIpc) is 3.16. The molecule has 5 atom stereocenters. The van der Waals surface area contributed by atoms with Crippen LogP contribution in [-0.4, -0.2) is 46.2 Å². The number of para-hydroxylation sites is 1. The van der Waals surface area contributed by atoms with E-state index in [0.717, 1.165) is 81.4 Å². The molecule has 6 aromatic rings. The lowest BCUT2D eigenvalue weighted by atomic mass is 9.73. The molecule has 4 aromatic carbocycles. The van der Waals surface area contributed by atoms with Crippen molar-refractivity contribution in [3.05, 3.63) is 138 Å². The van der Waals surface area contributed by atoms with E-state index in [1.54, 1.807) is 7.11 Å². The van der Waals surface area contributed by atoms with Crippen LogP contribution in [0.15, 0.2) is 110 Å². The van der Waals surface area contributed by atoms with Gasteiger partial charge in [-0.3, -0.25) is 9.88 Å². The van der Waals surface area contributed by atoms with Crippen molar-refractivity contribution >= 4 is 38.7 Å². The van der Waals surface area contributed by atoms with Crippen molar-refractivity contribution in [2.75, 3.05) is 20.2 Å². The Morgan fingerprint density at radius 2 is 1.78 bits per heavy atom. The summed E-state index contributed by atoms with van der Waals surface area (Å²) in [6.45, 7) is 10.6. The third kappa shape index (κ3) is 5.85. The summed E-state index contributed by atoms with van der Waals surface area (Å²) in [5, 5.41) is 16.6. The van der Waals surface area contributed by atoms with E-state index in [1.165, 1.54) is 10.8 Å². The van der Waals surface area contributed by atoms with Crippen molar-refractivity contribution in [2.45, 2.75) is 38.0 Å². The number of hydrogen-bond acceptors (Lipinski definition) is 6. The highest BCUT2D eigenvalue weighted by molar-refractivity contribution is 5.94. The van der Waals surface area contributed by atoms with Crippen LogP contribution in [0.1, 0.15) is 46.9 Å². The highest BCUT2D eigenvalue weighted by atomic mass is 16.5. The van der Waals surface area contributed by atoms with Gasteiger partial charge in [0.2, 0.25) is 5.88 Å². The number of aliphatic hydroxyl groups excluding tert-OH is 1.